The van der Waals surface area contributed by atoms with Crippen LogP contribution in [-0.2, 0) is 4.79 Å². The quantitative estimate of drug-likeness (QED) is 0.875. The van der Waals surface area contributed by atoms with E-state index in [-0.39, 0.29) is 30.6 Å². The van der Waals surface area contributed by atoms with Gasteiger partial charge in [0.2, 0.25) is 5.91 Å². The Morgan fingerprint density at radius 1 is 1.36 bits per heavy atom. The van der Waals surface area contributed by atoms with Gasteiger partial charge in [-0.25, -0.2) is 0 Å². The van der Waals surface area contributed by atoms with Crippen molar-refractivity contribution in [1.82, 2.24) is 10.2 Å². The Bertz CT molecular complexity index is 548. The number of ether oxygens (including phenoxy) is 1. The van der Waals surface area contributed by atoms with E-state index in [1.54, 1.807) is 0 Å². The highest BCUT2D eigenvalue weighted by Gasteiger charge is 2.33. The highest BCUT2D eigenvalue weighted by Crippen LogP contribution is 2.21. The maximum atomic E-state index is 12.3. The summed E-state index contributed by atoms with van der Waals surface area (Å²) in [4.78, 5) is 14.2. The van der Waals surface area contributed by atoms with Gasteiger partial charge >= 0.3 is 0 Å². The van der Waals surface area contributed by atoms with E-state index in [4.69, 9.17) is 10.00 Å². The molecule has 118 valence electrons. The number of nitriles is 1. The number of hydrogen-bond acceptors (Lipinski definition) is 4. The summed E-state index contributed by atoms with van der Waals surface area (Å²) in [5.41, 5.74) is 1.10. The van der Waals surface area contributed by atoms with Gasteiger partial charge in [-0.05, 0) is 44.9 Å². The van der Waals surface area contributed by atoms with E-state index in [1.165, 1.54) is 0 Å². The molecule has 1 aliphatic heterocycles. The molecule has 0 aliphatic carbocycles. The van der Waals surface area contributed by atoms with Crippen molar-refractivity contribution in [3.05, 3.63) is 29.8 Å². The predicted octanol–water partition coefficient (Wildman–Crippen LogP) is 2.25. The first-order chi connectivity index (χ1) is 10.5. The average Bonchev–Trinajstić information content (AvgIpc) is 2.87. The second-order valence-corrected chi connectivity index (χ2v) is 5.87. The van der Waals surface area contributed by atoms with Gasteiger partial charge in [-0.2, -0.15) is 5.26 Å². The Morgan fingerprint density at radius 3 is 2.59 bits per heavy atom. The maximum Gasteiger partial charge on any atom is 0.240 e. The molecule has 0 aromatic heterocycles. The summed E-state index contributed by atoms with van der Waals surface area (Å²) in [6.45, 7) is 7.01. The van der Waals surface area contributed by atoms with Gasteiger partial charge < -0.3 is 9.64 Å². The van der Waals surface area contributed by atoms with Crippen LogP contribution in [0.1, 0.15) is 38.8 Å². The summed E-state index contributed by atoms with van der Waals surface area (Å²) < 4.78 is 5.24. The van der Waals surface area contributed by atoms with E-state index in [0.29, 0.717) is 5.75 Å². The normalized spacial score (nSPS) is 19.3. The molecule has 0 radical (unpaired) electrons. The van der Waals surface area contributed by atoms with Crippen LogP contribution in [0.25, 0.3) is 0 Å². The third-order valence-electron chi connectivity index (χ3n) is 4.00. The van der Waals surface area contributed by atoms with Gasteiger partial charge in [-0.1, -0.05) is 12.1 Å². The minimum absolute atomic E-state index is 0.0504. The second kappa shape index (κ2) is 7.28. The number of nitrogens with one attached hydrogen (secondary N) is 1. The lowest BCUT2D eigenvalue weighted by atomic mass is 10.1. The van der Waals surface area contributed by atoms with Crippen molar-refractivity contribution in [3.63, 3.8) is 0 Å². The number of nitrogens with zero attached hydrogens (tertiary/aromatic N) is 2. The number of hydrogen-bond donors (Lipinski definition) is 1. The van der Waals surface area contributed by atoms with Gasteiger partial charge in [0.15, 0.2) is 6.61 Å². The molecule has 1 fully saturated rings. The van der Waals surface area contributed by atoms with Gasteiger partial charge in [-0.15, -0.1) is 0 Å². The molecule has 5 nitrogen and oxygen atoms in total. The van der Waals surface area contributed by atoms with Crippen LogP contribution in [0.15, 0.2) is 24.3 Å². The molecule has 1 N–H and O–H groups in total. The monoisotopic (exact) mass is 301 g/mol. The van der Waals surface area contributed by atoms with Gasteiger partial charge in [0, 0.05) is 18.6 Å². The summed E-state index contributed by atoms with van der Waals surface area (Å²) in [6.07, 6.45) is 0.852. The molecule has 5 heteroatoms. The molecule has 1 heterocycles. The van der Waals surface area contributed by atoms with Crippen molar-refractivity contribution in [2.45, 2.75) is 45.3 Å². The molecule has 22 heavy (non-hydrogen) atoms. The Morgan fingerprint density at radius 2 is 2.05 bits per heavy atom. The Hall–Kier alpha value is -2.06. The Labute approximate surface area is 131 Å². The fourth-order valence-electron chi connectivity index (χ4n) is 2.74. The van der Waals surface area contributed by atoms with Gasteiger partial charge in [-0.3, -0.25) is 10.1 Å². The first-order valence-electron chi connectivity index (χ1n) is 7.69. The van der Waals surface area contributed by atoms with E-state index < -0.39 is 0 Å². The molecule has 0 spiro atoms. The first-order valence-corrected chi connectivity index (χ1v) is 7.69. The number of amides is 1. The van der Waals surface area contributed by atoms with Crippen molar-refractivity contribution >= 4 is 5.91 Å². The van der Waals surface area contributed by atoms with Crippen molar-refractivity contribution in [2.24, 2.45) is 0 Å². The molecule has 2 atom stereocenters. The average molecular weight is 301 g/mol. The van der Waals surface area contributed by atoms with Gasteiger partial charge in [0.1, 0.15) is 11.8 Å². The summed E-state index contributed by atoms with van der Waals surface area (Å²) in [7, 11) is 0. The molecule has 1 aromatic carbocycles. The highest BCUT2D eigenvalue weighted by molar-refractivity contribution is 5.84. The van der Waals surface area contributed by atoms with Crippen LogP contribution in [0.3, 0.4) is 0 Å². The summed E-state index contributed by atoms with van der Waals surface area (Å²) in [5.74, 6) is 0.872. The minimum Gasteiger partial charge on any atom is -0.479 e. The Kier molecular flexibility index (Phi) is 5.40. The standard InChI is InChI=1S/C17H23N3O2/c1-12(2)20-10-8-16(17(20)21)19-13(3)14-4-6-15(7-5-14)22-11-9-18/h4-7,12-13,16,19H,8,10-11H2,1-3H3/t13-,16+/m1/s1. The lowest BCUT2D eigenvalue weighted by Gasteiger charge is -2.23. The SMILES string of the molecule is CC(C)N1CC[C@H](N[C@H](C)c2ccc(OCC#N)cc2)C1=O. The number of carbonyl (C=O) groups is 1. The van der Waals surface area contributed by atoms with Crippen molar-refractivity contribution in [3.8, 4) is 11.8 Å². The Balaban J connectivity index is 1.94. The summed E-state index contributed by atoms with van der Waals surface area (Å²) >= 11 is 0. The van der Waals surface area contributed by atoms with Crippen LogP contribution in [0.2, 0.25) is 0 Å². The van der Waals surface area contributed by atoms with Crippen LogP contribution in [0.5, 0.6) is 5.75 Å². The molecule has 0 bridgehead atoms. The topological polar surface area (TPSA) is 65.4 Å². The van der Waals surface area contributed by atoms with Crippen molar-refractivity contribution in [2.75, 3.05) is 13.2 Å². The number of likely N-dealkylation sites (tertiary alicyclic amines) is 1. The summed E-state index contributed by atoms with van der Waals surface area (Å²) in [6, 6.07) is 9.81. The zero-order valence-corrected chi connectivity index (χ0v) is 13.4. The molecule has 1 amide bonds. The second-order valence-electron chi connectivity index (χ2n) is 5.87. The van der Waals surface area contributed by atoms with Crippen LogP contribution in [0, 0.1) is 11.3 Å². The van der Waals surface area contributed by atoms with Crippen LogP contribution < -0.4 is 10.1 Å². The first kappa shape index (κ1) is 16.3. The fourth-order valence-corrected chi connectivity index (χ4v) is 2.74. The number of carbonyl (C=O) groups excluding carboxylic acids is 1. The smallest absolute Gasteiger partial charge is 0.240 e. The molecule has 0 unspecified atom stereocenters. The third kappa shape index (κ3) is 3.77. The molecule has 1 aliphatic rings. The molecule has 1 saturated heterocycles. The largest absolute Gasteiger partial charge is 0.479 e. The lowest BCUT2D eigenvalue weighted by Crippen LogP contribution is -2.41. The van der Waals surface area contributed by atoms with E-state index in [1.807, 2.05) is 49.1 Å². The highest BCUT2D eigenvalue weighted by atomic mass is 16.5. The van der Waals surface area contributed by atoms with E-state index in [9.17, 15) is 4.79 Å². The minimum atomic E-state index is -0.105. The van der Waals surface area contributed by atoms with E-state index in [0.717, 1.165) is 18.5 Å². The molecular formula is C17H23N3O2. The van der Waals surface area contributed by atoms with Crippen molar-refractivity contribution in [1.29, 1.82) is 5.26 Å². The maximum absolute atomic E-state index is 12.3. The number of rotatable bonds is 6. The predicted molar refractivity (Wildman–Crippen MR) is 84.4 cm³/mol. The van der Waals surface area contributed by atoms with Crippen molar-refractivity contribution < 1.29 is 9.53 Å². The zero-order valence-electron chi connectivity index (χ0n) is 13.4. The van der Waals surface area contributed by atoms with E-state index in [2.05, 4.69) is 12.2 Å². The van der Waals surface area contributed by atoms with Gasteiger partial charge in [0.25, 0.3) is 0 Å². The zero-order chi connectivity index (χ0) is 16.1. The summed E-state index contributed by atoms with van der Waals surface area (Å²) in [5, 5.41) is 11.9. The third-order valence-corrected chi connectivity index (χ3v) is 4.00. The van der Waals surface area contributed by atoms with Gasteiger partial charge in [0.05, 0.1) is 6.04 Å². The van der Waals surface area contributed by atoms with Crippen LogP contribution >= 0.6 is 0 Å². The lowest BCUT2D eigenvalue weighted by molar-refractivity contribution is -0.130. The molecule has 1 aromatic rings. The molecule has 0 saturated carbocycles. The van der Waals surface area contributed by atoms with Crippen LogP contribution in [0.4, 0.5) is 0 Å². The molecular weight excluding hydrogens is 278 g/mol. The fraction of sp³-hybridized carbons (Fsp3) is 0.529. The van der Waals surface area contributed by atoms with E-state index >= 15 is 0 Å². The van der Waals surface area contributed by atoms with Crippen LogP contribution in [-0.4, -0.2) is 36.0 Å². The molecule has 2 rings (SSSR count). The number of benzene rings is 1.